The summed E-state index contributed by atoms with van der Waals surface area (Å²) in [6.45, 7) is 0.767. The molecule has 0 heterocycles. The van der Waals surface area contributed by atoms with Gasteiger partial charge in [-0.25, -0.2) is 0 Å². The van der Waals surface area contributed by atoms with Crippen LogP contribution >= 0.6 is 0 Å². The maximum Gasteiger partial charge on any atom is 0.322 e. The average Bonchev–Trinajstić information content (AvgIpc) is 2.71. The second-order valence-electron chi connectivity index (χ2n) is 6.40. The topological polar surface area (TPSA) is 122 Å². The third-order valence-electron chi connectivity index (χ3n) is 4.15. The number of esters is 1. The number of carboxylic acids is 1. The zero-order chi connectivity index (χ0) is 21.7. The third kappa shape index (κ3) is 4.99. The highest BCUT2D eigenvalue weighted by Crippen LogP contribution is 2.27. The fourth-order valence-electron chi connectivity index (χ4n) is 2.80. The lowest BCUT2D eigenvalue weighted by Crippen LogP contribution is -2.29. The molecule has 0 spiro atoms. The Morgan fingerprint density at radius 1 is 0.900 bits per heavy atom. The Bertz CT molecular complexity index is 1140. The molecule has 0 fully saturated rings. The molecular formula is C22H18N2O6. The first kappa shape index (κ1) is 20.5. The van der Waals surface area contributed by atoms with Crippen LogP contribution in [0.2, 0.25) is 0 Å². The molecule has 3 aromatic carbocycles. The Hall–Kier alpha value is -4.20. The number of carboxylic acid groups (broad SMARTS) is 1. The van der Waals surface area contributed by atoms with Crippen LogP contribution < -0.4 is 15.4 Å². The van der Waals surface area contributed by atoms with Gasteiger partial charge in [0.2, 0.25) is 0 Å². The number of carbonyl (C=O) groups is 4. The molecule has 0 aliphatic heterocycles. The molecule has 0 saturated heterocycles. The SMILES string of the molecule is CC(=O)Oc1cc2ccccc2cc1C(=O)Nc1ccc(C(=O)NCC(=O)O)cc1. The molecule has 0 atom stereocenters. The molecular weight excluding hydrogens is 388 g/mol. The van der Waals surface area contributed by atoms with Gasteiger partial charge in [-0.15, -0.1) is 0 Å². The number of rotatable bonds is 6. The van der Waals surface area contributed by atoms with E-state index in [0.29, 0.717) is 5.69 Å². The lowest BCUT2D eigenvalue weighted by molar-refractivity contribution is -0.136. The van der Waals surface area contributed by atoms with E-state index < -0.39 is 30.3 Å². The monoisotopic (exact) mass is 406 g/mol. The van der Waals surface area contributed by atoms with E-state index in [0.717, 1.165) is 10.8 Å². The van der Waals surface area contributed by atoms with Crippen LogP contribution in [0.3, 0.4) is 0 Å². The van der Waals surface area contributed by atoms with Crippen molar-refractivity contribution in [3.8, 4) is 5.75 Å². The molecule has 0 aromatic heterocycles. The predicted molar refractivity (Wildman–Crippen MR) is 110 cm³/mol. The molecule has 3 aromatic rings. The quantitative estimate of drug-likeness (QED) is 0.427. The molecule has 0 aliphatic carbocycles. The van der Waals surface area contributed by atoms with Crippen LogP contribution in [-0.4, -0.2) is 35.4 Å². The van der Waals surface area contributed by atoms with Gasteiger partial charge in [0.05, 0.1) is 5.56 Å². The number of hydrogen-bond donors (Lipinski definition) is 3. The standard InChI is InChI=1S/C22H18N2O6/c1-13(25)30-19-11-16-5-3-2-4-15(16)10-18(19)22(29)24-17-8-6-14(7-9-17)21(28)23-12-20(26)27/h2-11H,12H2,1H3,(H,23,28)(H,24,29)(H,26,27). The van der Waals surface area contributed by atoms with Crippen LogP contribution in [0.5, 0.6) is 5.75 Å². The average molecular weight is 406 g/mol. The smallest absolute Gasteiger partial charge is 0.322 e. The van der Waals surface area contributed by atoms with Crippen molar-refractivity contribution < 1.29 is 29.0 Å². The summed E-state index contributed by atoms with van der Waals surface area (Å²) in [4.78, 5) is 46.7. The third-order valence-corrected chi connectivity index (χ3v) is 4.15. The summed E-state index contributed by atoms with van der Waals surface area (Å²) in [6, 6.07) is 16.6. The number of nitrogens with one attached hydrogen (secondary N) is 2. The van der Waals surface area contributed by atoms with Crippen molar-refractivity contribution in [3.05, 3.63) is 71.8 Å². The largest absolute Gasteiger partial charge is 0.480 e. The minimum Gasteiger partial charge on any atom is -0.480 e. The van der Waals surface area contributed by atoms with E-state index in [4.69, 9.17) is 9.84 Å². The highest BCUT2D eigenvalue weighted by Gasteiger charge is 2.16. The Morgan fingerprint density at radius 3 is 2.13 bits per heavy atom. The van der Waals surface area contributed by atoms with Crippen molar-refractivity contribution in [2.75, 3.05) is 11.9 Å². The van der Waals surface area contributed by atoms with E-state index in [1.54, 1.807) is 12.1 Å². The molecule has 8 nitrogen and oxygen atoms in total. The fraction of sp³-hybridized carbons (Fsp3) is 0.0909. The van der Waals surface area contributed by atoms with Crippen LogP contribution in [0.15, 0.2) is 60.7 Å². The zero-order valence-electron chi connectivity index (χ0n) is 16.0. The van der Waals surface area contributed by atoms with E-state index in [2.05, 4.69) is 10.6 Å². The van der Waals surface area contributed by atoms with Crippen molar-refractivity contribution in [2.45, 2.75) is 6.92 Å². The number of anilines is 1. The summed E-state index contributed by atoms with van der Waals surface area (Å²) in [5, 5.41) is 15.2. The van der Waals surface area contributed by atoms with Crippen LogP contribution in [0.1, 0.15) is 27.6 Å². The first-order chi connectivity index (χ1) is 14.3. The van der Waals surface area contributed by atoms with Crippen LogP contribution in [-0.2, 0) is 9.59 Å². The summed E-state index contributed by atoms with van der Waals surface area (Å²) >= 11 is 0. The van der Waals surface area contributed by atoms with Gasteiger partial charge in [-0.1, -0.05) is 24.3 Å². The zero-order valence-corrected chi connectivity index (χ0v) is 16.0. The molecule has 2 amide bonds. The lowest BCUT2D eigenvalue weighted by atomic mass is 10.0. The molecule has 152 valence electrons. The Kier molecular flexibility index (Phi) is 6.07. The first-order valence-corrected chi connectivity index (χ1v) is 8.96. The van der Waals surface area contributed by atoms with Gasteiger partial charge in [0.1, 0.15) is 12.3 Å². The maximum atomic E-state index is 12.8. The minimum absolute atomic E-state index is 0.142. The van der Waals surface area contributed by atoms with E-state index in [1.807, 2.05) is 24.3 Å². The van der Waals surface area contributed by atoms with Gasteiger partial charge >= 0.3 is 11.9 Å². The van der Waals surface area contributed by atoms with Crippen molar-refractivity contribution >= 4 is 40.2 Å². The second kappa shape index (κ2) is 8.87. The summed E-state index contributed by atoms with van der Waals surface area (Å²) in [7, 11) is 0. The fourth-order valence-corrected chi connectivity index (χ4v) is 2.80. The molecule has 0 unspecified atom stereocenters. The number of amides is 2. The van der Waals surface area contributed by atoms with Gasteiger partial charge in [0, 0.05) is 18.2 Å². The molecule has 0 aliphatic rings. The molecule has 0 saturated carbocycles. The van der Waals surface area contributed by atoms with E-state index >= 15 is 0 Å². The van der Waals surface area contributed by atoms with E-state index in [-0.39, 0.29) is 16.9 Å². The Morgan fingerprint density at radius 2 is 1.53 bits per heavy atom. The van der Waals surface area contributed by atoms with Gasteiger partial charge in [0.25, 0.3) is 11.8 Å². The van der Waals surface area contributed by atoms with Gasteiger partial charge in [-0.2, -0.15) is 0 Å². The molecule has 0 bridgehead atoms. The van der Waals surface area contributed by atoms with E-state index in [9.17, 15) is 19.2 Å². The van der Waals surface area contributed by atoms with Gasteiger partial charge in [0.15, 0.2) is 0 Å². The predicted octanol–water partition coefficient (Wildman–Crippen LogP) is 2.83. The molecule has 3 rings (SSSR count). The van der Waals surface area contributed by atoms with Crippen molar-refractivity contribution in [1.82, 2.24) is 5.32 Å². The highest BCUT2D eigenvalue weighted by atomic mass is 16.5. The van der Waals surface area contributed by atoms with Crippen LogP contribution in [0, 0.1) is 0 Å². The number of aliphatic carboxylic acids is 1. The summed E-state index contributed by atoms with van der Waals surface area (Å²) in [5.41, 5.74) is 0.851. The lowest BCUT2D eigenvalue weighted by Gasteiger charge is -2.12. The number of benzene rings is 3. The number of ether oxygens (including phenoxy) is 1. The number of fused-ring (bicyclic) bond motifs is 1. The normalized spacial score (nSPS) is 10.3. The van der Waals surface area contributed by atoms with Crippen LogP contribution in [0.25, 0.3) is 10.8 Å². The summed E-state index contributed by atoms with van der Waals surface area (Å²) in [5.74, 6) is -2.58. The van der Waals surface area contributed by atoms with Crippen LogP contribution in [0.4, 0.5) is 5.69 Å². The van der Waals surface area contributed by atoms with Gasteiger partial charge < -0.3 is 20.5 Å². The maximum absolute atomic E-state index is 12.8. The minimum atomic E-state index is -1.15. The Balaban J connectivity index is 1.81. The van der Waals surface area contributed by atoms with Gasteiger partial charge in [-0.05, 0) is 47.2 Å². The summed E-state index contributed by atoms with van der Waals surface area (Å²) in [6.07, 6.45) is 0. The highest BCUT2D eigenvalue weighted by molar-refractivity contribution is 6.09. The van der Waals surface area contributed by atoms with Crippen molar-refractivity contribution in [1.29, 1.82) is 0 Å². The molecule has 30 heavy (non-hydrogen) atoms. The van der Waals surface area contributed by atoms with Crippen molar-refractivity contribution in [3.63, 3.8) is 0 Å². The molecule has 3 N–H and O–H groups in total. The summed E-state index contributed by atoms with van der Waals surface area (Å²) < 4.78 is 5.21. The number of hydrogen-bond acceptors (Lipinski definition) is 5. The number of carbonyl (C=O) groups excluding carboxylic acids is 3. The molecule has 0 radical (unpaired) electrons. The second-order valence-corrected chi connectivity index (χ2v) is 6.40. The van der Waals surface area contributed by atoms with E-state index in [1.165, 1.54) is 31.2 Å². The van der Waals surface area contributed by atoms with Crippen molar-refractivity contribution in [2.24, 2.45) is 0 Å². The van der Waals surface area contributed by atoms with Gasteiger partial charge in [-0.3, -0.25) is 19.2 Å². The first-order valence-electron chi connectivity index (χ1n) is 8.96. The molecule has 8 heteroatoms. The Labute approximate surface area is 171 Å².